The van der Waals surface area contributed by atoms with Crippen LogP contribution in [0.2, 0.25) is 0 Å². The van der Waals surface area contributed by atoms with Crippen LogP contribution in [0.3, 0.4) is 0 Å². The Morgan fingerprint density at radius 3 is 2.62 bits per heavy atom. The lowest BCUT2D eigenvalue weighted by Crippen LogP contribution is -2.49. The molecule has 2 aliphatic rings. The molecule has 0 spiro atoms. The van der Waals surface area contributed by atoms with Gasteiger partial charge in [-0.3, -0.25) is 0 Å². The van der Waals surface area contributed by atoms with E-state index in [4.69, 9.17) is 0 Å². The summed E-state index contributed by atoms with van der Waals surface area (Å²) in [5.74, 6) is 1.93. The van der Waals surface area contributed by atoms with Gasteiger partial charge in [-0.1, -0.05) is 19.8 Å². The molecule has 1 heterocycles. The molecule has 1 N–H and O–H groups in total. The van der Waals surface area contributed by atoms with Crippen LogP contribution >= 0.6 is 0 Å². The van der Waals surface area contributed by atoms with Crippen molar-refractivity contribution in [1.29, 1.82) is 0 Å². The molecule has 0 aromatic heterocycles. The summed E-state index contributed by atoms with van der Waals surface area (Å²) in [5.41, 5.74) is 0. The van der Waals surface area contributed by atoms with Gasteiger partial charge in [-0.05, 0) is 51.1 Å². The molecule has 2 heteroatoms. The molecule has 2 fully saturated rings. The van der Waals surface area contributed by atoms with Crippen LogP contribution in [-0.4, -0.2) is 37.6 Å². The topological polar surface area (TPSA) is 15.3 Å². The van der Waals surface area contributed by atoms with E-state index in [1.165, 1.54) is 58.2 Å². The molecule has 1 aliphatic carbocycles. The lowest BCUT2D eigenvalue weighted by Gasteiger charge is -2.37. The lowest BCUT2D eigenvalue weighted by molar-refractivity contribution is 0.154. The minimum absolute atomic E-state index is 0.760. The third-order valence-electron chi connectivity index (χ3n) is 4.34. The average Bonchev–Trinajstić information content (AvgIpc) is 2.14. The van der Waals surface area contributed by atoms with Crippen LogP contribution in [0, 0.1) is 11.8 Å². The molecule has 2 nitrogen and oxygen atoms in total. The van der Waals surface area contributed by atoms with E-state index in [9.17, 15) is 0 Å². The Balaban J connectivity index is 1.70. The van der Waals surface area contributed by atoms with Crippen molar-refractivity contribution < 1.29 is 0 Å². The minimum Gasteiger partial charge on any atom is -0.312 e. The first kappa shape index (κ1) is 12.4. The normalized spacial score (nSPS) is 32.6. The van der Waals surface area contributed by atoms with Gasteiger partial charge >= 0.3 is 0 Å². The number of rotatable bonds is 5. The number of hydrogen-bond acceptors (Lipinski definition) is 2. The van der Waals surface area contributed by atoms with Gasteiger partial charge in [0.25, 0.3) is 0 Å². The summed E-state index contributed by atoms with van der Waals surface area (Å²) in [5, 5.41) is 3.80. The van der Waals surface area contributed by atoms with Crippen molar-refractivity contribution in [3.05, 3.63) is 0 Å². The maximum atomic E-state index is 3.80. The number of hydrogen-bond donors (Lipinski definition) is 1. The Morgan fingerprint density at radius 1 is 1.19 bits per heavy atom. The fourth-order valence-corrected chi connectivity index (χ4v) is 3.24. The van der Waals surface area contributed by atoms with Crippen LogP contribution in [0.1, 0.15) is 45.4 Å². The van der Waals surface area contributed by atoms with Crippen molar-refractivity contribution in [2.24, 2.45) is 11.8 Å². The molecule has 0 aromatic carbocycles. The van der Waals surface area contributed by atoms with E-state index in [1.54, 1.807) is 0 Å². The van der Waals surface area contributed by atoms with Gasteiger partial charge < -0.3 is 10.2 Å². The molecular formula is C14H28N2. The molecule has 16 heavy (non-hydrogen) atoms. The molecule has 0 amide bonds. The summed E-state index contributed by atoms with van der Waals surface area (Å²) in [7, 11) is 2.28. The van der Waals surface area contributed by atoms with E-state index in [-0.39, 0.29) is 0 Å². The van der Waals surface area contributed by atoms with Crippen molar-refractivity contribution in [1.82, 2.24) is 10.2 Å². The molecule has 0 aromatic rings. The molecular weight excluding hydrogens is 196 g/mol. The van der Waals surface area contributed by atoms with Gasteiger partial charge in [-0.2, -0.15) is 0 Å². The fraction of sp³-hybridized carbons (Fsp3) is 1.00. The third kappa shape index (κ3) is 3.46. The molecule has 1 saturated heterocycles. The molecule has 2 atom stereocenters. The predicted octanol–water partition coefficient (Wildman–Crippen LogP) is 2.50. The van der Waals surface area contributed by atoms with Gasteiger partial charge in [-0.15, -0.1) is 0 Å². The van der Waals surface area contributed by atoms with Gasteiger partial charge in [0.2, 0.25) is 0 Å². The molecule has 1 saturated carbocycles. The van der Waals surface area contributed by atoms with Crippen molar-refractivity contribution in [3.8, 4) is 0 Å². The zero-order chi connectivity index (χ0) is 11.4. The molecule has 1 aliphatic heterocycles. The SMILES string of the molecule is CCCC1CC(NCC2CCC2)CN(C)C1. The number of nitrogens with zero attached hydrogens (tertiary/aromatic N) is 1. The Hall–Kier alpha value is -0.0800. The van der Waals surface area contributed by atoms with Crippen molar-refractivity contribution >= 4 is 0 Å². The highest BCUT2D eigenvalue weighted by molar-refractivity contribution is 4.83. The van der Waals surface area contributed by atoms with Crippen LogP contribution in [0.25, 0.3) is 0 Å². The highest BCUT2D eigenvalue weighted by atomic mass is 15.1. The Labute approximate surface area is 101 Å². The average molecular weight is 224 g/mol. The predicted molar refractivity (Wildman–Crippen MR) is 69.6 cm³/mol. The zero-order valence-electron chi connectivity index (χ0n) is 11.0. The smallest absolute Gasteiger partial charge is 0.0198 e. The largest absolute Gasteiger partial charge is 0.312 e. The van der Waals surface area contributed by atoms with E-state index in [0.717, 1.165) is 17.9 Å². The first-order chi connectivity index (χ1) is 7.78. The van der Waals surface area contributed by atoms with Gasteiger partial charge in [0, 0.05) is 19.1 Å². The number of nitrogens with one attached hydrogen (secondary N) is 1. The van der Waals surface area contributed by atoms with Crippen molar-refractivity contribution in [2.75, 3.05) is 26.7 Å². The Bertz CT molecular complexity index is 201. The Morgan fingerprint density at radius 2 is 2.00 bits per heavy atom. The third-order valence-corrected chi connectivity index (χ3v) is 4.34. The first-order valence-electron chi connectivity index (χ1n) is 7.19. The second-order valence-electron chi connectivity index (χ2n) is 6.01. The standard InChI is InChI=1S/C14H28N2/c1-3-5-13-8-14(11-16(2)10-13)15-9-12-6-4-7-12/h12-15H,3-11H2,1-2H3. The summed E-state index contributed by atoms with van der Waals surface area (Å²) in [4.78, 5) is 2.52. The van der Waals surface area contributed by atoms with Crippen LogP contribution in [-0.2, 0) is 0 Å². The molecule has 2 unspecified atom stereocenters. The maximum Gasteiger partial charge on any atom is 0.0198 e. The zero-order valence-corrected chi connectivity index (χ0v) is 11.0. The Kier molecular flexibility index (Phi) is 4.66. The number of piperidine rings is 1. The highest BCUT2D eigenvalue weighted by Crippen LogP contribution is 2.26. The van der Waals surface area contributed by atoms with Crippen LogP contribution in [0.15, 0.2) is 0 Å². The number of likely N-dealkylation sites (tertiary alicyclic amines) is 1. The molecule has 94 valence electrons. The second kappa shape index (κ2) is 6.02. The summed E-state index contributed by atoms with van der Waals surface area (Å²) in [6.07, 6.45) is 8.56. The van der Waals surface area contributed by atoms with E-state index < -0.39 is 0 Å². The van der Waals surface area contributed by atoms with Crippen molar-refractivity contribution in [3.63, 3.8) is 0 Å². The van der Waals surface area contributed by atoms with Crippen LogP contribution < -0.4 is 5.32 Å². The van der Waals surface area contributed by atoms with Gasteiger partial charge in [0.05, 0.1) is 0 Å². The van der Waals surface area contributed by atoms with Gasteiger partial charge in [0.1, 0.15) is 0 Å². The fourth-order valence-electron chi connectivity index (χ4n) is 3.24. The van der Waals surface area contributed by atoms with Crippen LogP contribution in [0.4, 0.5) is 0 Å². The summed E-state index contributed by atoms with van der Waals surface area (Å²) >= 11 is 0. The van der Waals surface area contributed by atoms with Crippen LogP contribution in [0.5, 0.6) is 0 Å². The van der Waals surface area contributed by atoms with E-state index in [2.05, 4.69) is 24.2 Å². The first-order valence-corrected chi connectivity index (χ1v) is 7.19. The molecule has 0 radical (unpaired) electrons. The summed E-state index contributed by atoms with van der Waals surface area (Å²) in [6, 6.07) is 0.760. The monoisotopic (exact) mass is 224 g/mol. The molecule has 0 bridgehead atoms. The second-order valence-corrected chi connectivity index (χ2v) is 6.01. The number of likely N-dealkylation sites (N-methyl/N-ethyl adjacent to an activating group) is 1. The lowest BCUT2D eigenvalue weighted by atomic mass is 9.84. The maximum absolute atomic E-state index is 3.80. The minimum atomic E-state index is 0.760. The highest BCUT2D eigenvalue weighted by Gasteiger charge is 2.25. The quantitative estimate of drug-likeness (QED) is 0.772. The van der Waals surface area contributed by atoms with E-state index in [0.29, 0.717) is 0 Å². The summed E-state index contributed by atoms with van der Waals surface area (Å²) < 4.78 is 0. The summed E-state index contributed by atoms with van der Waals surface area (Å²) in [6.45, 7) is 6.16. The van der Waals surface area contributed by atoms with E-state index in [1.807, 2.05) is 0 Å². The van der Waals surface area contributed by atoms with E-state index >= 15 is 0 Å². The van der Waals surface area contributed by atoms with Gasteiger partial charge in [0.15, 0.2) is 0 Å². The van der Waals surface area contributed by atoms with Gasteiger partial charge in [-0.25, -0.2) is 0 Å². The van der Waals surface area contributed by atoms with Crippen molar-refractivity contribution in [2.45, 2.75) is 51.5 Å². The molecule has 2 rings (SSSR count).